The maximum atomic E-state index is 13.4. The Hall–Kier alpha value is -1.81. The molecule has 0 spiro atoms. The number of amides is 2. The maximum Gasteiger partial charge on any atom is 0.451 e. The predicted octanol–water partition coefficient (Wildman–Crippen LogP) is 1.73. The smallest absolute Gasteiger partial charge is 0.451 e. The van der Waals surface area contributed by atoms with E-state index in [1.54, 1.807) is 27.7 Å². The van der Waals surface area contributed by atoms with Gasteiger partial charge in [-0.25, -0.2) is 4.79 Å². The number of hydrogen-bond donors (Lipinski definition) is 4. The van der Waals surface area contributed by atoms with Gasteiger partial charge < -0.3 is 30.1 Å². The first kappa shape index (κ1) is 26.2. The number of ether oxygens (including phenoxy) is 1. The van der Waals surface area contributed by atoms with Gasteiger partial charge in [0.1, 0.15) is 11.6 Å². The first-order chi connectivity index (χ1) is 13.7. The molecular weight excluding hydrogens is 391 g/mol. The van der Waals surface area contributed by atoms with E-state index in [4.69, 9.17) is 4.74 Å². The highest BCUT2D eigenvalue weighted by atomic mass is 16.6. The summed E-state index contributed by atoms with van der Waals surface area (Å²) in [6.45, 7) is 10.9. The number of nitrogens with zero attached hydrogens (tertiary/aromatic N) is 1. The van der Waals surface area contributed by atoms with Crippen LogP contribution < -0.4 is 5.32 Å². The number of carboxylic acids is 1. The molecule has 1 rings (SSSR count). The number of carbonyl (C=O) groups is 3. The third-order valence-electron chi connectivity index (χ3n) is 5.57. The Balaban J connectivity index is 3.06. The topological polar surface area (TPSA) is 136 Å². The second kappa shape index (κ2) is 10.5. The first-order valence-corrected chi connectivity index (χ1v) is 10.6. The second-order valence-electron chi connectivity index (χ2n) is 9.72. The highest BCUT2D eigenvalue weighted by molar-refractivity contribution is 6.40. The standard InChI is InChI=1S/C20H37BN2O7/c1-7-13(2)15(22-18(27)30-19(3,4)5)16(24)23-11-14(8-9-21(28)29)10-20(6,12-23)17(25)26/h13-15,28-29H,7-12H2,1-6H3,(H,22,27)(H,25,26)/t13-,14-,15-,20-/m0/s1. The minimum atomic E-state index is -1.48. The molecule has 2 amide bonds. The summed E-state index contributed by atoms with van der Waals surface area (Å²) in [5, 5.41) is 30.8. The fourth-order valence-corrected chi connectivity index (χ4v) is 3.78. The Kier molecular flexibility index (Phi) is 9.16. The minimum Gasteiger partial charge on any atom is -0.481 e. The van der Waals surface area contributed by atoms with Gasteiger partial charge in [0.2, 0.25) is 5.91 Å². The average molecular weight is 428 g/mol. The number of carboxylic acid groups (broad SMARTS) is 1. The van der Waals surface area contributed by atoms with Crippen LogP contribution in [0.3, 0.4) is 0 Å². The third-order valence-corrected chi connectivity index (χ3v) is 5.57. The zero-order valence-electron chi connectivity index (χ0n) is 19.0. The molecule has 172 valence electrons. The molecule has 9 nitrogen and oxygen atoms in total. The lowest BCUT2D eigenvalue weighted by atomic mass is 9.72. The van der Waals surface area contributed by atoms with Gasteiger partial charge >= 0.3 is 19.2 Å². The summed E-state index contributed by atoms with van der Waals surface area (Å²) in [4.78, 5) is 39.0. The summed E-state index contributed by atoms with van der Waals surface area (Å²) in [7, 11) is -1.48. The molecule has 1 aliphatic rings. The van der Waals surface area contributed by atoms with Crippen LogP contribution in [0.5, 0.6) is 0 Å². The van der Waals surface area contributed by atoms with Crippen LogP contribution in [0.2, 0.25) is 6.32 Å². The number of likely N-dealkylation sites (tertiary alicyclic amines) is 1. The summed E-state index contributed by atoms with van der Waals surface area (Å²) in [5.41, 5.74) is -1.86. The molecule has 0 bridgehead atoms. The van der Waals surface area contributed by atoms with Gasteiger partial charge in [0.15, 0.2) is 0 Å². The molecule has 4 N–H and O–H groups in total. The molecule has 0 saturated carbocycles. The highest BCUT2D eigenvalue weighted by Gasteiger charge is 2.45. The quantitative estimate of drug-likeness (QED) is 0.432. The number of piperidine rings is 1. The van der Waals surface area contributed by atoms with Crippen LogP contribution in [0, 0.1) is 17.3 Å². The molecule has 0 aromatic rings. The van der Waals surface area contributed by atoms with Crippen LogP contribution in [-0.4, -0.2) is 69.9 Å². The largest absolute Gasteiger partial charge is 0.481 e. The van der Waals surface area contributed by atoms with Crippen LogP contribution >= 0.6 is 0 Å². The van der Waals surface area contributed by atoms with Gasteiger partial charge in [-0.15, -0.1) is 0 Å². The summed E-state index contributed by atoms with van der Waals surface area (Å²) >= 11 is 0. The van der Waals surface area contributed by atoms with E-state index in [0.29, 0.717) is 25.8 Å². The summed E-state index contributed by atoms with van der Waals surface area (Å²) in [6.07, 6.45) is 0.771. The van der Waals surface area contributed by atoms with Crippen molar-refractivity contribution in [2.24, 2.45) is 17.3 Å². The summed E-state index contributed by atoms with van der Waals surface area (Å²) in [5.74, 6) is -1.72. The Morgan fingerprint density at radius 3 is 2.37 bits per heavy atom. The van der Waals surface area contributed by atoms with Gasteiger partial charge in [-0.05, 0) is 52.3 Å². The molecule has 1 saturated heterocycles. The number of rotatable bonds is 8. The van der Waals surface area contributed by atoms with Crippen molar-refractivity contribution in [2.75, 3.05) is 13.1 Å². The number of nitrogens with one attached hydrogen (secondary N) is 1. The first-order valence-electron chi connectivity index (χ1n) is 10.6. The molecule has 10 heteroatoms. The van der Waals surface area contributed by atoms with E-state index in [1.807, 2.05) is 13.8 Å². The van der Waals surface area contributed by atoms with Crippen LogP contribution in [0.4, 0.5) is 4.79 Å². The van der Waals surface area contributed by atoms with Gasteiger partial charge in [0.05, 0.1) is 5.41 Å². The van der Waals surface area contributed by atoms with Gasteiger partial charge in [0.25, 0.3) is 0 Å². The Labute approximate surface area is 179 Å². The van der Waals surface area contributed by atoms with E-state index in [2.05, 4.69) is 5.32 Å². The molecule has 1 fully saturated rings. The fourth-order valence-electron chi connectivity index (χ4n) is 3.78. The molecule has 4 atom stereocenters. The van der Waals surface area contributed by atoms with Crippen LogP contribution in [-0.2, 0) is 14.3 Å². The normalized spacial score (nSPS) is 24.0. The number of alkyl carbamates (subject to hydrolysis) is 1. The number of carbonyl (C=O) groups excluding carboxylic acids is 2. The van der Waals surface area contributed by atoms with Crippen LogP contribution in [0.25, 0.3) is 0 Å². The molecule has 0 aliphatic carbocycles. The zero-order valence-corrected chi connectivity index (χ0v) is 19.0. The maximum absolute atomic E-state index is 13.4. The van der Waals surface area contributed by atoms with Crippen molar-refractivity contribution < 1.29 is 34.3 Å². The van der Waals surface area contributed by atoms with Gasteiger partial charge in [-0.2, -0.15) is 0 Å². The van der Waals surface area contributed by atoms with E-state index in [9.17, 15) is 29.5 Å². The second-order valence-corrected chi connectivity index (χ2v) is 9.72. The number of aliphatic carboxylic acids is 1. The number of hydrogen-bond acceptors (Lipinski definition) is 6. The fraction of sp³-hybridized carbons (Fsp3) is 0.850. The van der Waals surface area contributed by atoms with E-state index in [1.165, 1.54) is 4.90 Å². The molecule has 30 heavy (non-hydrogen) atoms. The van der Waals surface area contributed by atoms with Crippen molar-refractivity contribution in [3.05, 3.63) is 0 Å². The van der Waals surface area contributed by atoms with Crippen molar-refractivity contribution in [1.29, 1.82) is 0 Å². The molecule has 0 aromatic heterocycles. The lowest BCUT2D eigenvalue weighted by Crippen LogP contribution is -2.58. The Morgan fingerprint density at radius 2 is 1.90 bits per heavy atom. The van der Waals surface area contributed by atoms with Gasteiger partial charge in [-0.1, -0.05) is 26.7 Å². The Bertz CT molecular complexity index is 623. The molecule has 1 aliphatic heterocycles. The predicted molar refractivity (Wildman–Crippen MR) is 113 cm³/mol. The van der Waals surface area contributed by atoms with Crippen molar-refractivity contribution in [2.45, 2.75) is 78.8 Å². The molecular formula is C20H37BN2O7. The summed E-state index contributed by atoms with van der Waals surface area (Å²) in [6, 6.07) is -0.843. The van der Waals surface area contributed by atoms with E-state index >= 15 is 0 Å². The van der Waals surface area contributed by atoms with Crippen molar-refractivity contribution in [1.82, 2.24) is 10.2 Å². The minimum absolute atomic E-state index is 0.0300. The van der Waals surface area contributed by atoms with Crippen LogP contribution in [0.15, 0.2) is 0 Å². The zero-order chi connectivity index (χ0) is 23.3. The van der Waals surface area contributed by atoms with Gasteiger partial charge in [0, 0.05) is 13.1 Å². The van der Waals surface area contributed by atoms with E-state index in [-0.39, 0.29) is 30.6 Å². The van der Waals surface area contributed by atoms with E-state index < -0.39 is 36.2 Å². The van der Waals surface area contributed by atoms with Crippen molar-refractivity contribution in [3.63, 3.8) is 0 Å². The SMILES string of the molecule is CC[C@H](C)[C@H](NC(=O)OC(C)(C)C)C(=O)N1C[C@@H](CCB(O)O)C[C@](C)(C(=O)O)C1. The van der Waals surface area contributed by atoms with E-state index in [0.717, 1.165) is 0 Å². The van der Waals surface area contributed by atoms with Crippen molar-refractivity contribution >= 4 is 25.1 Å². The molecule has 0 aromatic carbocycles. The van der Waals surface area contributed by atoms with Gasteiger partial charge in [-0.3, -0.25) is 9.59 Å². The lowest BCUT2D eigenvalue weighted by Gasteiger charge is -2.43. The van der Waals surface area contributed by atoms with Crippen LogP contribution in [0.1, 0.15) is 60.8 Å². The lowest BCUT2D eigenvalue weighted by molar-refractivity contribution is -0.156. The highest BCUT2D eigenvalue weighted by Crippen LogP contribution is 2.36. The monoisotopic (exact) mass is 428 g/mol. The third kappa shape index (κ3) is 7.79. The Morgan fingerprint density at radius 1 is 1.30 bits per heavy atom. The molecule has 0 radical (unpaired) electrons. The molecule has 1 heterocycles. The average Bonchev–Trinajstić information content (AvgIpc) is 2.61. The van der Waals surface area contributed by atoms with Crippen molar-refractivity contribution in [3.8, 4) is 0 Å². The molecule has 0 unspecified atom stereocenters. The summed E-state index contributed by atoms with van der Waals surface area (Å²) < 4.78 is 5.30.